The Morgan fingerprint density at radius 1 is 1.18 bits per heavy atom. The van der Waals surface area contributed by atoms with Gasteiger partial charge in [0.1, 0.15) is 5.75 Å². The van der Waals surface area contributed by atoms with E-state index in [1.54, 1.807) is 30.3 Å². The van der Waals surface area contributed by atoms with Gasteiger partial charge in [0, 0.05) is 18.7 Å². The van der Waals surface area contributed by atoms with E-state index in [0.717, 1.165) is 25.9 Å². The molecule has 1 aliphatic heterocycles. The highest BCUT2D eigenvalue weighted by Gasteiger charge is 2.23. The lowest BCUT2D eigenvalue weighted by atomic mass is 9.98. The van der Waals surface area contributed by atoms with Crippen LogP contribution in [0, 0.1) is 11.8 Å². The molecule has 0 spiro atoms. The molecule has 2 amide bonds. The van der Waals surface area contributed by atoms with Crippen molar-refractivity contribution in [2.45, 2.75) is 33.6 Å². The minimum Gasteiger partial charge on any atom is -0.492 e. The number of hydrogen-bond donors (Lipinski definition) is 2. The van der Waals surface area contributed by atoms with Gasteiger partial charge < -0.3 is 15.0 Å². The predicted octanol–water partition coefficient (Wildman–Crippen LogP) is 5.48. The second kappa shape index (κ2) is 11.6. The average Bonchev–Trinajstić information content (AvgIpc) is 2.78. The Morgan fingerprint density at radius 2 is 1.88 bits per heavy atom. The highest BCUT2D eigenvalue weighted by Crippen LogP contribution is 2.27. The Morgan fingerprint density at radius 3 is 2.55 bits per heavy atom. The number of nitrogens with zero attached hydrogens (tertiary/aromatic N) is 1. The Labute approximate surface area is 209 Å². The lowest BCUT2D eigenvalue weighted by Gasteiger charge is -2.30. The fourth-order valence-corrected chi connectivity index (χ4v) is 4.20. The monoisotopic (exact) mass is 531 g/mol. The van der Waals surface area contributed by atoms with Crippen LogP contribution in [0.4, 0.5) is 5.69 Å². The van der Waals surface area contributed by atoms with Crippen LogP contribution in [0.3, 0.4) is 0 Å². The van der Waals surface area contributed by atoms with E-state index in [4.69, 9.17) is 17.0 Å². The molecule has 6 nitrogen and oxygen atoms in total. The van der Waals surface area contributed by atoms with Crippen LogP contribution in [0.25, 0.3) is 0 Å². The van der Waals surface area contributed by atoms with Crippen molar-refractivity contribution in [1.29, 1.82) is 0 Å². The maximum atomic E-state index is 13.1. The van der Waals surface area contributed by atoms with Crippen molar-refractivity contribution < 1.29 is 14.3 Å². The summed E-state index contributed by atoms with van der Waals surface area (Å²) in [6.07, 6.45) is 2.01. The molecule has 0 radical (unpaired) electrons. The predicted molar refractivity (Wildman–Crippen MR) is 139 cm³/mol. The van der Waals surface area contributed by atoms with Crippen LogP contribution in [0.15, 0.2) is 46.9 Å². The van der Waals surface area contributed by atoms with Gasteiger partial charge in [0.15, 0.2) is 5.11 Å². The number of hydrogen-bond acceptors (Lipinski definition) is 4. The summed E-state index contributed by atoms with van der Waals surface area (Å²) in [5, 5.41) is 5.83. The zero-order chi connectivity index (χ0) is 24.0. The van der Waals surface area contributed by atoms with E-state index < -0.39 is 0 Å². The molecule has 3 rings (SSSR count). The third-order valence-electron chi connectivity index (χ3n) is 5.47. The molecule has 0 aliphatic carbocycles. The van der Waals surface area contributed by atoms with Gasteiger partial charge >= 0.3 is 0 Å². The highest BCUT2D eigenvalue weighted by atomic mass is 79.9. The van der Waals surface area contributed by atoms with Gasteiger partial charge in [-0.3, -0.25) is 14.9 Å². The lowest BCUT2D eigenvalue weighted by molar-refractivity contribution is 0.0698. The van der Waals surface area contributed by atoms with Gasteiger partial charge in [-0.1, -0.05) is 32.9 Å². The van der Waals surface area contributed by atoms with Crippen LogP contribution in [0.2, 0.25) is 0 Å². The summed E-state index contributed by atoms with van der Waals surface area (Å²) in [6, 6.07) is 12.4. The zero-order valence-corrected chi connectivity index (χ0v) is 21.6. The van der Waals surface area contributed by atoms with Crippen molar-refractivity contribution in [3.8, 4) is 5.75 Å². The van der Waals surface area contributed by atoms with E-state index in [1.807, 2.05) is 17.0 Å². The molecule has 8 heteroatoms. The van der Waals surface area contributed by atoms with E-state index >= 15 is 0 Å². The van der Waals surface area contributed by atoms with Gasteiger partial charge in [0.25, 0.3) is 11.8 Å². The number of amides is 2. The quantitative estimate of drug-likeness (QED) is 0.482. The molecule has 2 aromatic rings. The standard InChI is InChI=1S/C25H30BrN3O3S/c1-16(2)15-32-22-9-8-18(14-20(22)26)23(30)28-25(33)27-21-7-5-4-6-19(21)24(31)29-12-10-17(3)11-13-29/h4-9,14,16-17H,10-13,15H2,1-3H3,(H2,27,28,30,33). The van der Waals surface area contributed by atoms with Crippen LogP contribution in [0.1, 0.15) is 54.3 Å². The lowest BCUT2D eigenvalue weighted by Crippen LogP contribution is -2.39. The maximum absolute atomic E-state index is 13.1. The van der Waals surface area contributed by atoms with E-state index in [-0.39, 0.29) is 16.9 Å². The van der Waals surface area contributed by atoms with Gasteiger partial charge in [-0.25, -0.2) is 0 Å². The summed E-state index contributed by atoms with van der Waals surface area (Å²) in [7, 11) is 0. The third-order valence-corrected chi connectivity index (χ3v) is 6.29. The molecule has 33 heavy (non-hydrogen) atoms. The number of nitrogens with one attached hydrogen (secondary N) is 2. The van der Waals surface area contributed by atoms with Crippen LogP contribution in [-0.2, 0) is 0 Å². The molecule has 2 N–H and O–H groups in total. The van der Waals surface area contributed by atoms with Gasteiger partial charge in [0.05, 0.1) is 22.3 Å². The van der Waals surface area contributed by atoms with Crippen molar-refractivity contribution in [3.63, 3.8) is 0 Å². The summed E-state index contributed by atoms with van der Waals surface area (Å²) < 4.78 is 6.43. The third kappa shape index (κ3) is 7.01. The van der Waals surface area contributed by atoms with E-state index in [2.05, 4.69) is 47.3 Å². The molecule has 2 aromatic carbocycles. The molecule has 176 valence electrons. The number of benzene rings is 2. The highest BCUT2D eigenvalue weighted by molar-refractivity contribution is 9.10. The van der Waals surface area contributed by atoms with Crippen molar-refractivity contribution in [1.82, 2.24) is 10.2 Å². The summed E-state index contributed by atoms with van der Waals surface area (Å²) in [5.41, 5.74) is 1.55. The number of rotatable bonds is 6. The molecule has 0 bridgehead atoms. The summed E-state index contributed by atoms with van der Waals surface area (Å²) in [5.74, 6) is 1.34. The number of halogens is 1. The molecule has 1 saturated heterocycles. The van der Waals surface area contributed by atoms with E-state index in [9.17, 15) is 9.59 Å². The minimum atomic E-state index is -0.350. The first-order valence-corrected chi connectivity index (χ1v) is 12.4. The van der Waals surface area contributed by atoms with Crippen molar-refractivity contribution in [3.05, 3.63) is 58.1 Å². The molecule has 1 fully saturated rings. The molecule has 0 atom stereocenters. The molecular formula is C25H30BrN3O3S. The second-order valence-corrected chi connectivity index (χ2v) is 10.0. The number of piperidine rings is 1. The molecule has 1 heterocycles. The van der Waals surface area contributed by atoms with Crippen molar-refractivity contribution in [2.75, 3.05) is 25.0 Å². The molecule has 0 unspecified atom stereocenters. The fraction of sp³-hybridized carbons (Fsp3) is 0.400. The summed E-state index contributed by atoms with van der Waals surface area (Å²) >= 11 is 8.81. The van der Waals surface area contributed by atoms with E-state index in [1.165, 1.54) is 0 Å². The Hall–Kier alpha value is -2.45. The number of thiocarbonyl (C=S) groups is 1. The normalized spacial score (nSPS) is 14.2. The van der Waals surface area contributed by atoms with Gasteiger partial charge in [-0.15, -0.1) is 0 Å². The molecule has 0 aromatic heterocycles. The SMILES string of the molecule is CC(C)COc1ccc(C(=O)NC(=S)Nc2ccccc2C(=O)N2CCC(C)CC2)cc1Br. The largest absolute Gasteiger partial charge is 0.492 e. The number of para-hydroxylation sites is 1. The van der Waals surface area contributed by atoms with Crippen molar-refractivity contribution in [2.24, 2.45) is 11.8 Å². The van der Waals surface area contributed by atoms with Crippen molar-refractivity contribution >= 4 is 50.8 Å². The molecule has 0 saturated carbocycles. The second-order valence-electron chi connectivity index (χ2n) is 8.78. The first kappa shape index (κ1) is 25.2. The van der Waals surface area contributed by atoms with Gasteiger partial charge in [0.2, 0.25) is 0 Å². The summed E-state index contributed by atoms with van der Waals surface area (Å²) in [6.45, 7) is 8.45. The minimum absolute atomic E-state index is 0.0277. The van der Waals surface area contributed by atoms with Crippen LogP contribution in [-0.4, -0.2) is 41.5 Å². The maximum Gasteiger partial charge on any atom is 0.257 e. The van der Waals surface area contributed by atoms with E-state index in [0.29, 0.717) is 45.5 Å². The Bertz CT molecular complexity index is 1020. The van der Waals surface area contributed by atoms with Gasteiger partial charge in [-0.2, -0.15) is 0 Å². The number of ether oxygens (including phenoxy) is 1. The van der Waals surface area contributed by atoms with Gasteiger partial charge in [-0.05, 0) is 83.2 Å². The average molecular weight is 533 g/mol. The number of carbonyl (C=O) groups excluding carboxylic acids is 2. The topological polar surface area (TPSA) is 70.7 Å². The first-order chi connectivity index (χ1) is 15.7. The zero-order valence-electron chi connectivity index (χ0n) is 19.2. The van der Waals surface area contributed by atoms with Crippen LogP contribution < -0.4 is 15.4 Å². The molecular weight excluding hydrogens is 502 g/mol. The molecule has 1 aliphatic rings. The van der Waals surface area contributed by atoms with Crippen LogP contribution >= 0.6 is 28.1 Å². The summed E-state index contributed by atoms with van der Waals surface area (Å²) in [4.78, 5) is 27.6. The number of likely N-dealkylation sites (tertiary alicyclic amines) is 1. The smallest absolute Gasteiger partial charge is 0.257 e. The number of carbonyl (C=O) groups is 2. The Kier molecular flexibility index (Phi) is 8.86. The number of anilines is 1. The Balaban J connectivity index is 1.63. The fourth-order valence-electron chi connectivity index (χ4n) is 3.51. The van der Waals surface area contributed by atoms with Crippen LogP contribution in [0.5, 0.6) is 5.75 Å². The first-order valence-electron chi connectivity index (χ1n) is 11.2.